The van der Waals surface area contributed by atoms with Gasteiger partial charge in [-0.05, 0) is 49.5 Å². The number of anilines is 1. The summed E-state index contributed by atoms with van der Waals surface area (Å²) in [4.78, 5) is 2.31. The van der Waals surface area contributed by atoms with Gasteiger partial charge in [-0.2, -0.15) is 4.31 Å². The summed E-state index contributed by atoms with van der Waals surface area (Å²) in [6.45, 7) is 3.97. The molecule has 0 unspecified atom stereocenters. The first-order chi connectivity index (χ1) is 12.4. The van der Waals surface area contributed by atoms with E-state index in [1.54, 1.807) is 18.2 Å². The van der Waals surface area contributed by atoms with Crippen molar-refractivity contribution in [2.75, 3.05) is 31.5 Å². The average molecular weight is 454 g/mol. The Morgan fingerprint density at radius 2 is 1.73 bits per heavy atom. The third-order valence-electron chi connectivity index (χ3n) is 4.26. The standard InChI is InChI=1S/C18H20BrN3O2S2/c1-14-5-7-16(8-6-14)20-18(25)21-9-11-22(12-10-21)26(23,24)17-4-2-3-15(19)13-17/h2-8,13H,9-12H2,1H3,(H,20,25). The summed E-state index contributed by atoms with van der Waals surface area (Å²) in [6, 6.07) is 14.8. The van der Waals surface area contributed by atoms with Crippen molar-refractivity contribution >= 4 is 49.0 Å². The second kappa shape index (κ2) is 8.04. The minimum Gasteiger partial charge on any atom is -0.346 e. The van der Waals surface area contributed by atoms with Crippen molar-refractivity contribution < 1.29 is 8.42 Å². The van der Waals surface area contributed by atoms with Crippen molar-refractivity contribution in [1.82, 2.24) is 9.21 Å². The van der Waals surface area contributed by atoms with Gasteiger partial charge < -0.3 is 10.2 Å². The van der Waals surface area contributed by atoms with Crippen molar-refractivity contribution in [3.05, 3.63) is 58.6 Å². The number of rotatable bonds is 3. The Hall–Kier alpha value is -1.48. The van der Waals surface area contributed by atoms with E-state index in [9.17, 15) is 8.42 Å². The molecule has 1 aliphatic heterocycles. The quantitative estimate of drug-likeness (QED) is 0.721. The lowest BCUT2D eigenvalue weighted by Crippen LogP contribution is -2.51. The van der Waals surface area contributed by atoms with Crippen LogP contribution >= 0.6 is 28.1 Å². The maximum Gasteiger partial charge on any atom is 0.243 e. The zero-order chi connectivity index (χ0) is 18.7. The molecule has 1 fully saturated rings. The number of aryl methyl sites for hydroxylation is 1. The van der Waals surface area contributed by atoms with Gasteiger partial charge in [0.2, 0.25) is 10.0 Å². The van der Waals surface area contributed by atoms with Gasteiger partial charge in [0.25, 0.3) is 0 Å². The maximum atomic E-state index is 12.8. The first kappa shape index (κ1) is 19.3. The first-order valence-corrected chi connectivity index (χ1v) is 10.9. The van der Waals surface area contributed by atoms with E-state index >= 15 is 0 Å². The molecule has 0 spiro atoms. The van der Waals surface area contributed by atoms with Gasteiger partial charge in [0.05, 0.1) is 4.90 Å². The zero-order valence-electron chi connectivity index (χ0n) is 14.4. The monoisotopic (exact) mass is 453 g/mol. The first-order valence-electron chi connectivity index (χ1n) is 8.24. The van der Waals surface area contributed by atoms with Crippen LogP contribution in [-0.4, -0.2) is 48.9 Å². The van der Waals surface area contributed by atoms with Crippen LogP contribution in [0.2, 0.25) is 0 Å². The number of benzene rings is 2. The van der Waals surface area contributed by atoms with Crippen LogP contribution in [0.3, 0.4) is 0 Å². The molecule has 0 amide bonds. The molecule has 1 N–H and O–H groups in total. The van der Waals surface area contributed by atoms with E-state index in [1.165, 1.54) is 9.87 Å². The number of nitrogens with zero attached hydrogens (tertiary/aromatic N) is 2. The normalized spacial score (nSPS) is 15.7. The molecule has 3 rings (SSSR count). The number of nitrogens with one attached hydrogen (secondary N) is 1. The second-order valence-electron chi connectivity index (χ2n) is 6.14. The molecule has 26 heavy (non-hydrogen) atoms. The SMILES string of the molecule is Cc1ccc(NC(=S)N2CCN(S(=O)(=O)c3cccc(Br)c3)CC2)cc1. The highest BCUT2D eigenvalue weighted by molar-refractivity contribution is 9.10. The summed E-state index contributed by atoms with van der Waals surface area (Å²) >= 11 is 8.80. The Labute approximate surface area is 168 Å². The van der Waals surface area contributed by atoms with E-state index in [0.717, 1.165) is 10.2 Å². The molecule has 138 valence electrons. The van der Waals surface area contributed by atoms with Crippen LogP contribution < -0.4 is 5.32 Å². The van der Waals surface area contributed by atoms with Crippen LogP contribution in [0.1, 0.15) is 5.56 Å². The van der Waals surface area contributed by atoms with Crippen LogP contribution in [0.4, 0.5) is 5.69 Å². The summed E-state index contributed by atoms with van der Waals surface area (Å²) in [6.07, 6.45) is 0. The van der Waals surface area contributed by atoms with Crippen molar-refractivity contribution in [2.45, 2.75) is 11.8 Å². The van der Waals surface area contributed by atoms with Crippen LogP contribution in [0, 0.1) is 6.92 Å². The van der Waals surface area contributed by atoms with Crippen molar-refractivity contribution in [1.29, 1.82) is 0 Å². The minimum absolute atomic E-state index is 0.306. The maximum absolute atomic E-state index is 12.8. The zero-order valence-corrected chi connectivity index (χ0v) is 17.6. The molecule has 1 heterocycles. The third-order valence-corrected chi connectivity index (χ3v) is 7.01. The molecule has 2 aromatic carbocycles. The molecule has 0 bridgehead atoms. The van der Waals surface area contributed by atoms with Crippen LogP contribution in [0.5, 0.6) is 0 Å². The van der Waals surface area contributed by atoms with E-state index in [-0.39, 0.29) is 0 Å². The summed E-state index contributed by atoms with van der Waals surface area (Å²) in [5.41, 5.74) is 2.12. The number of piperazine rings is 1. The number of hydrogen-bond acceptors (Lipinski definition) is 3. The predicted molar refractivity (Wildman–Crippen MR) is 112 cm³/mol. The van der Waals surface area contributed by atoms with Crippen LogP contribution in [0.25, 0.3) is 0 Å². The molecule has 0 saturated carbocycles. The van der Waals surface area contributed by atoms with Crippen molar-refractivity contribution in [3.63, 3.8) is 0 Å². The Morgan fingerprint density at radius 3 is 2.35 bits per heavy atom. The lowest BCUT2D eigenvalue weighted by molar-refractivity contribution is 0.268. The van der Waals surface area contributed by atoms with E-state index in [2.05, 4.69) is 21.2 Å². The fourth-order valence-electron chi connectivity index (χ4n) is 2.75. The van der Waals surface area contributed by atoms with E-state index < -0.39 is 10.0 Å². The van der Waals surface area contributed by atoms with Gasteiger partial charge in [-0.1, -0.05) is 39.7 Å². The molecule has 1 aliphatic rings. The number of hydrogen-bond donors (Lipinski definition) is 1. The lowest BCUT2D eigenvalue weighted by atomic mass is 10.2. The Morgan fingerprint density at radius 1 is 1.08 bits per heavy atom. The van der Waals surface area contributed by atoms with Gasteiger partial charge in [-0.15, -0.1) is 0 Å². The molecular formula is C18H20BrN3O2S2. The molecule has 0 aliphatic carbocycles. The number of halogens is 1. The largest absolute Gasteiger partial charge is 0.346 e. The fourth-order valence-corrected chi connectivity index (χ4v) is 5.07. The van der Waals surface area contributed by atoms with Crippen LogP contribution in [0.15, 0.2) is 57.9 Å². The smallest absolute Gasteiger partial charge is 0.243 e. The summed E-state index contributed by atoms with van der Waals surface area (Å²) in [7, 11) is -3.48. The predicted octanol–water partition coefficient (Wildman–Crippen LogP) is 3.46. The fraction of sp³-hybridized carbons (Fsp3) is 0.278. The highest BCUT2D eigenvalue weighted by Gasteiger charge is 2.29. The summed E-state index contributed by atoms with van der Waals surface area (Å²) in [5, 5.41) is 3.83. The van der Waals surface area contributed by atoms with Gasteiger partial charge in [0.1, 0.15) is 0 Å². The van der Waals surface area contributed by atoms with Crippen molar-refractivity contribution in [2.24, 2.45) is 0 Å². The minimum atomic E-state index is -3.48. The molecule has 1 saturated heterocycles. The second-order valence-corrected chi connectivity index (χ2v) is 9.38. The molecular weight excluding hydrogens is 434 g/mol. The van der Waals surface area contributed by atoms with Gasteiger partial charge in [0, 0.05) is 36.3 Å². The molecule has 5 nitrogen and oxygen atoms in total. The number of thiocarbonyl (C=S) groups is 1. The molecule has 0 aromatic heterocycles. The van der Waals surface area contributed by atoms with E-state index in [0.29, 0.717) is 36.2 Å². The van der Waals surface area contributed by atoms with Crippen molar-refractivity contribution in [3.8, 4) is 0 Å². The molecule has 8 heteroatoms. The highest BCUT2D eigenvalue weighted by atomic mass is 79.9. The number of sulfonamides is 1. The Balaban J connectivity index is 1.61. The Bertz CT molecular complexity index is 893. The highest BCUT2D eigenvalue weighted by Crippen LogP contribution is 2.21. The van der Waals surface area contributed by atoms with Gasteiger partial charge in [0.15, 0.2) is 5.11 Å². The van der Waals surface area contributed by atoms with E-state index in [1.807, 2.05) is 42.2 Å². The molecule has 0 radical (unpaired) electrons. The summed E-state index contributed by atoms with van der Waals surface area (Å²) in [5.74, 6) is 0. The Kier molecular flexibility index (Phi) is 5.96. The lowest BCUT2D eigenvalue weighted by Gasteiger charge is -2.35. The molecule has 2 aromatic rings. The molecule has 0 atom stereocenters. The van der Waals surface area contributed by atoms with Gasteiger partial charge in [-0.25, -0.2) is 8.42 Å². The summed E-state index contributed by atoms with van der Waals surface area (Å²) < 4.78 is 27.8. The van der Waals surface area contributed by atoms with Gasteiger partial charge >= 0.3 is 0 Å². The van der Waals surface area contributed by atoms with Gasteiger partial charge in [-0.3, -0.25) is 0 Å². The average Bonchev–Trinajstić information content (AvgIpc) is 2.64. The van der Waals surface area contributed by atoms with E-state index in [4.69, 9.17) is 12.2 Å². The topological polar surface area (TPSA) is 52.6 Å². The van der Waals surface area contributed by atoms with Crippen LogP contribution in [-0.2, 0) is 10.0 Å². The third kappa shape index (κ3) is 4.43.